The summed E-state index contributed by atoms with van der Waals surface area (Å²) < 4.78 is 0. The summed E-state index contributed by atoms with van der Waals surface area (Å²) in [5, 5.41) is 0. The summed E-state index contributed by atoms with van der Waals surface area (Å²) >= 11 is 0. The molecule has 9 heavy (non-hydrogen) atoms. The van der Waals surface area contributed by atoms with Crippen LogP contribution >= 0.6 is 0 Å². The van der Waals surface area contributed by atoms with Crippen LogP contribution in [0.3, 0.4) is 0 Å². The predicted molar refractivity (Wildman–Crippen MR) is 41.9 cm³/mol. The van der Waals surface area contributed by atoms with E-state index in [2.05, 4.69) is 21.7 Å². The van der Waals surface area contributed by atoms with Gasteiger partial charge in [-0.1, -0.05) is 0 Å². The highest BCUT2D eigenvalue weighted by Gasteiger charge is 1.81. The Kier molecular flexibility index (Phi) is 4.59. The molecule has 3 nitrogen and oxygen atoms in total. The summed E-state index contributed by atoms with van der Waals surface area (Å²) in [6.07, 6.45) is 1.50. The van der Waals surface area contributed by atoms with Gasteiger partial charge in [0.1, 0.15) is 6.34 Å². The van der Waals surface area contributed by atoms with E-state index in [1.807, 2.05) is 6.92 Å². The molecule has 0 radical (unpaired) electrons. The third-order valence-electron chi connectivity index (χ3n) is 0.734. The molecule has 0 bridgehead atoms. The molecule has 3 heteroatoms. The highest BCUT2D eigenvalue weighted by Crippen LogP contribution is 1.75. The van der Waals surface area contributed by atoms with Crippen LogP contribution in [0.4, 0.5) is 0 Å². The van der Waals surface area contributed by atoms with Crippen LogP contribution in [0.25, 0.3) is 0 Å². The van der Waals surface area contributed by atoms with E-state index in [1.165, 1.54) is 6.34 Å². The van der Waals surface area contributed by atoms with Crippen molar-refractivity contribution in [1.82, 2.24) is 0 Å². The van der Waals surface area contributed by atoms with E-state index in [0.29, 0.717) is 6.54 Å². The van der Waals surface area contributed by atoms with Crippen LogP contribution < -0.4 is 0 Å². The Labute approximate surface area is 55.2 Å². The van der Waals surface area contributed by atoms with Crippen LogP contribution in [-0.2, 0) is 0 Å². The van der Waals surface area contributed by atoms with Crippen molar-refractivity contribution in [3.63, 3.8) is 0 Å². The first-order valence-corrected chi connectivity index (χ1v) is 2.67. The molecule has 0 heterocycles. The highest BCUT2D eigenvalue weighted by molar-refractivity contribution is 5.90. The van der Waals surface area contributed by atoms with Crippen molar-refractivity contribution in [1.29, 1.82) is 0 Å². The van der Waals surface area contributed by atoms with Gasteiger partial charge in [-0.3, -0.25) is 9.98 Å². The normalized spacial score (nSPS) is 12.4. The van der Waals surface area contributed by atoms with Gasteiger partial charge in [0.15, 0.2) is 0 Å². The first-order valence-electron chi connectivity index (χ1n) is 2.67. The molecule has 0 saturated heterocycles. The molecule has 0 fully saturated rings. The van der Waals surface area contributed by atoms with E-state index in [1.54, 1.807) is 7.05 Å². The Hall–Kier alpha value is -0.990. The first kappa shape index (κ1) is 8.01. The Morgan fingerprint density at radius 2 is 2.33 bits per heavy atom. The van der Waals surface area contributed by atoms with Gasteiger partial charge in [0.05, 0.1) is 6.54 Å². The largest absolute Gasteiger partial charge is 0.295 e. The Morgan fingerprint density at radius 3 is 2.78 bits per heavy atom. The van der Waals surface area contributed by atoms with Gasteiger partial charge in [-0.05, 0) is 13.6 Å². The van der Waals surface area contributed by atoms with E-state index >= 15 is 0 Å². The molecule has 0 aliphatic carbocycles. The lowest BCUT2D eigenvalue weighted by Gasteiger charge is -1.87. The second-order valence-electron chi connectivity index (χ2n) is 1.62. The summed E-state index contributed by atoms with van der Waals surface area (Å²) in [5.41, 5.74) is 0.926. The molecular formula is C6H11N3. The zero-order valence-electron chi connectivity index (χ0n) is 5.83. The summed E-state index contributed by atoms with van der Waals surface area (Å²) in [7, 11) is 1.68. The van der Waals surface area contributed by atoms with Gasteiger partial charge in [-0.25, -0.2) is 4.99 Å². The summed E-state index contributed by atoms with van der Waals surface area (Å²) in [5.74, 6) is 0. The molecule has 0 spiro atoms. The Morgan fingerprint density at radius 1 is 1.67 bits per heavy atom. The summed E-state index contributed by atoms with van der Waals surface area (Å²) in [6, 6.07) is 0. The lowest BCUT2D eigenvalue weighted by atomic mass is 10.4. The maximum absolute atomic E-state index is 3.92. The van der Waals surface area contributed by atoms with Crippen molar-refractivity contribution in [3.8, 4) is 0 Å². The van der Waals surface area contributed by atoms with Crippen molar-refractivity contribution in [2.75, 3.05) is 13.6 Å². The maximum atomic E-state index is 3.92. The molecule has 0 saturated carbocycles. The van der Waals surface area contributed by atoms with Crippen LogP contribution in [0, 0.1) is 0 Å². The monoisotopic (exact) mass is 125 g/mol. The molecular weight excluding hydrogens is 114 g/mol. The number of hydrogen-bond acceptors (Lipinski definition) is 2. The highest BCUT2D eigenvalue weighted by atomic mass is 14.9. The molecule has 0 aromatic rings. The van der Waals surface area contributed by atoms with Crippen LogP contribution in [-0.4, -0.2) is 32.4 Å². The fourth-order valence-corrected chi connectivity index (χ4v) is 0.359. The van der Waals surface area contributed by atoms with Crippen molar-refractivity contribution in [3.05, 3.63) is 0 Å². The maximum Gasteiger partial charge on any atom is 0.109 e. The van der Waals surface area contributed by atoms with Crippen molar-refractivity contribution >= 4 is 18.8 Å². The smallest absolute Gasteiger partial charge is 0.109 e. The quantitative estimate of drug-likeness (QED) is 0.395. The molecule has 50 valence electrons. The third-order valence-corrected chi connectivity index (χ3v) is 0.734. The van der Waals surface area contributed by atoms with Gasteiger partial charge < -0.3 is 0 Å². The van der Waals surface area contributed by atoms with Gasteiger partial charge in [0.2, 0.25) is 0 Å². The van der Waals surface area contributed by atoms with E-state index in [4.69, 9.17) is 0 Å². The van der Waals surface area contributed by atoms with Crippen molar-refractivity contribution < 1.29 is 0 Å². The molecule has 0 amide bonds. The number of aliphatic imine (C=N–C) groups is 3. The number of rotatable bonds is 3. The van der Waals surface area contributed by atoms with Crippen LogP contribution in [0.5, 0.6) is 0 Å². The first-order chi connectivity index (χ1) is 4.31. The van der Waals surface area contributed by atoms with Crippen LogP contribution in [0.15, 0.2) is 15.0 Å². The van der Waals surface area contributed by atoms with Gasteiger partial charge in [0.25, 0.3) is 0 Å². The minimum Gasteiger partial charge on any atom is -0.295 e. The topological polar surface area (TPSA) is 37.1 Å². The number of nitrogens with zero attached hydrogens (tertiary/aromatic N) is 3. The average molecular weight is 125 g/mol. The lowest BCUT2D eigenvalue weighted by molar-refractivity contribution is 1.30. The average Bonchev–Trinajstić information content (AvgIpc) is 1.85. The molecule has 0 aromatic heterocycles. The van der Waals surface area contributed by atoms with Gasteiger partial charge in [-0.15, -0.1) is 0 Å². The van der Waals surface area contributed by atoms with E-state index in [0.717, 1.165) is 5.71 Å². The van der Waals surface area contributed by atoms with Gasteiger partial charge in [0, 0.05) is 12.8 Å². The van der Waals surface area contributed by atoms with E-state index in [9.17, 15) is 0 Å². The molecule has 0 N–H and O–H groups in total. The minimum atomic E-state index is 0.589. The molecule has 0 aliphatic rings. The van der Waals surface area contributed by atoms with E-state index in [-0.39, 0.29) is 0 Å². The second kappa shape index (κ2) is 5.15. The van der Waals surface area contributed by atoms with Crippen LogP contribution in [0.1, 0.15) is 6.92 Å². The fraction of sp³-hybridized carbons (Fsp3) is 0.500. The van der Waals surface area contributed by atoms with Gasteiger partial charge in [-0.2, -0.15) is 0 Å². The Balaban J connectivity index is 3.68. The summed E-state index contributed by atoms with van der Waals surface area (Å²) in [6.45, 7) is 5.81. The standard InChI is InChI=1S/C6H11N3/c1-6(4-7-2)9-5-8-3/h5H,2,4H2,1,3H3/b8-5-,9-6+. The Bertz CT molecular complexity index is 135. The van der Waals surface area contributed by atoms with E-state index < -0.39 is 0 Å². The fourth-order valence-electron chi connectivity index (χ4n) is 0.359. The van der Waals surface area contributed by atoms with Crippen molar-refractivity contribution in [2.24, 2.45) is 15.0 Å². The lowest BCUT2D eigenvalue weighted by Crippen LogP contribution is -1.95. The third kappa shape index (κ3) is 4.87. The zero-order valence-corrected chi connectivity index (χ0v) is 5.83. The molecule has 0 unspecified atom stereocenters. The predicted octanol–water partition coefficient (Wildman–Crippen LogP) is 0.806. The van der Waals surface area contributed by atoms with Gasteiger partial charge >= 0.3 is 0 Å². The number of hydrogen-bond donors (Lipinski definition) is 0. The summed E-state index contributed by atoms with van der Waals surface area (Å²) in [4.78, 5) is 11.3. The van der Waals surface area contributed by atoms with Crippen molar-refractivity contribution in [2.45, 2.75) is 6.92 Å². The molecule has 0 aliphatic heterocycles. The van der Waals surface area contributed by atoms with Crippen LogP contribution in [0.2, 0.25) is 0 Å². The SMILES string of the molecule is C=NC/C(C)=N/C=N\C. The molecule has 0 atom stereocenters. The molecule has 0 rings (SSSR count). The second-order valence-corrected chi connectivity index (χ2v) is 1.62. The minimum absolute atomic E-state index is 0.589. The zero-order chi connectivity index (χ0) is 7.11. The molecule has 0 aromatic carbocycles.